The number of halogens is 2. The Labute approximate surface area is 252 Å². The van der Waals surface area contributed by atoms with Crippen LogP contribution in [0.3, 0.4) is 0 Å². The Balaban J connectivity index is 1.86. The maximum absolute atomic E-state index is 13.8. The van der Waals surface area contributed by atoms with Gasteiger partial charge in [-0.2, -0.15) is 0 Å². The zero-order valence-electron chi connectivity index (χ0n) is 23.3. The molecule has 0 aliphatic carbocycles. The number of rotatable bonds is 14. The third-order valence-corrected chi connectivity index (χ3v) is 8.40. The van der Waals surface area contributed by atoms with E-state index in [0.29, 0.717) is 33.7 Å². The van der Waals surface area contributed by atoms with Crippen molar-refractivity contribution in [2.75, 3.05) is 30.8 Å². The lowest BCUT2D eigenvalue weighted by Crippen LogP contribution is -2.50. The molecule has 220 valence electrons. The topological polar surface area (TPSA) is 96.0 Å². The maximum atomic E-state index is 13.8. The molecule has 0 aliphatic heterocycles. The Bertz CT molecular complexity index is 1400. The molecule has 8 nitrogen and oxygen atoms in total. The van der Waals surface area contributed by atoms with E-state index in [2.05, 4.69) is 5.32 Å². The summed E-state index contributed by atoms with van der Waals surface area (Å²) in [6.45, 7) is 2.44. The van der Waals surface area contributed by atoms with Gasteiger partial charge in [0.25, 0.3) is 0 Å². The summed E-state index contributed by atoms with van der Waals surface area (Å²) in [5.41, 5.74) is 1.87. The number of likely N-dealkylation sites (N-methyl/N-ethyl adjacent to an activating group) is 1. The summed E-state index contributed by atoms with van der Waals surface area (Å²) in [6, 6.07) is 20.4. The first-order chi connectivity index (χ1) is 19.5. The summed E-state index contributed by atoms with van der Waals surface area (Å²) in [5.74, 6) is -0.0318. The summed E-state index contributed by atoms with van der Waals surface area (Å²) in [6.07, 6.45) is 1.61. The standard InChI is InChI=1S/C30H35Cl2N3O5S/c1-4-40-24-17-15-23(16-18-24)35(41(3,38)39)19-9-14-29(36)34(21-25-26(31)12-8-13-27(25)32)28(30(37)33-2)20-22-10-6-5-7-11-22/h5-8,10-13,15-18,28H,4,9,14,19-21H2,1-3H3,(H,33,37). The zero-order valence-corrected chi connectivity index (χ0v) is 25.7. The summed E-state index contributed by atoms with van der Waals surface area (Å²) < 4.78 is 32.0. The Morgan fingerprint density at radius 1 is 0.951 bits per heavy atom. The van der Waals surface area contributed by atoms with E-state index >= 15 is 0 Å². The van der Waals surface area contributed by atoms with Crippen molar-refractivity contribution in [3.05, 3.63) is 94.0 Å². The number of carbonyl (C=O) groups excluding carboxylic acids is 2. The lowest BCUT2D eigenvalue weighted by molar-refractivity contribution is -0.141. The zero-order chi connectivity index (χ0) is 30.0. The fourth-order valence-electron chi connectivity index (χ4n) is 4.45. The fraction of sp³-hybridized carbons (Fsp3) is 0.333. The molecular formula is C30H35Cl2N3O5S. The number of anilines is 1. The molecule has 0 saturated carbocycles. The SMILES string of the molecule is CCOc1ccc(N(CCCC(=O)N(Cc2c(Cl)cccc2Cl)C(Cc2ccccc2)C(=O)NC)S(C)(=O)=O)cc1. The number of nitrogens with one attached hydrogen (secondary N) is 1. The van der Waals surface area contributed by atoms with Crippen LogP contribution in [0.1, 0.15) is 30.9 Å². The molecule has 1 N–H and O–H groups in total. The van der Waals surface area contributed by atoms with Crippen molar-refractivity contribution in [3.63, 3.8) is 0 Å². The van der Waals surface area contributed by atoms with Gasteiger partial charge >= 0.3 is 0 Å². The van der Waals surface area contributed by atoms with Crippen LogP contribution in [-0.2, 0) is 32.6 Å². The van der Waals surface area contributed by atoms with Gasteiger partial charge in [0.2, 0.25) is 21.8 Å². The van der Waals surface area contributed by atoms with E-state index in [1.807, 2.05) is 37.3 Å². The highest BCUT2D eigenvalue weighted by molar-refractivity contribution is 7.92. The van der Waals surface area contributed by atoms with Gasteiger partial charge in [0.15, 0.2) is 0 Å². The number of amides is 2. The number of ether oxygens (including phenoxy) is 1. The van der Waals surface area contributed by atoms with E-state index in [0.717, 1.165) is 11.8 Å². The normalized spacial score (nSPS) is 11.9. The first-order valence-electron chi connectivity index (χ1n) is 13.2. The van der Waals surface area contributed by atoms with Gasteiger partial charge in [-0.1, -0.05) is 59.6 Å². The quantitative estimate of drug-likeness (QED) is 0.263. The van der Waals surface area contributed by atoms with E-state index < -0.39 is 16.1 Å². The maximum Gasteiger partial charge on any atom is 0.242 e. The van der Waals surface area contributed by atoms with Gasteiger partial charge < -0.3 is 15.0 Å². The van der Waals surface area contributed by atoms with Crippen molar-refractivity contribution in [2.45, 2.75) is 38.8 Å². The van der Waals surface area contributed by atoms with E-state index in [1.54, 1.807) is 42.5 Å². The molecule has 11 heteroatoms. The molecule has 3 rings (SSSR count). The van der Waals surface area contributed by atoms with Crippen LogP contribution in [0.4, 0.5) is 5.69 Å². The van der Waals surface area contributed by atoms with Crippen molar-refractivity contribution in [2.24, 2.45) is 0 Å². The summed E-state index contributed by atoms with van der Waals surface area (Å²) in [5, 5.41) is 3.43. The van der Waals surface area contributed by atoms with Gasteiger partial charge in [-0.15, -0.1) is 0 Å². The highest BCUT2D eigenvalue weighted by Crippen LogP contribution is 2.28. The summed E-state index contributed by atoms with van der Waals surface area (Å²) in [7, 11) is -2.11. The molecule has 1 unspecified atom stereocenters. The minimum Gasteiger partial charge on any atom is -0.494 e. The number of hydrogen-bond donors (Lipinski definition) is 1. The highest BCUT2D eigenvalue weighted by Gasteiger charge is 2.31. The first kappa shape index (κ1) is 32.2. The molecule has 0 aromatic heterocycles. The average molecular weight is 621 g/mol. The van der Waals surface area contributed by atoms with Gasteiger partial charge in [-0.05, 0) is 55.3 Å². The van der Waals surface area contributed by atoms with E-state index in [-0.39, 0.29) is 44.2 Å². The molecule has 41 heavy (non-hydrogen) atoms. The summed E-state index contributed by atoms with van der Waals surface area (Å²) >= 11 is 12.9. The summed E-state index contributed by atoms with van der Waals surface area (Å²) in [4.78, 5) is 28.4. The average Bonchev–Trinajstić information content (AvgIpc) is 2.94. The first-order valence-corrected chi connectivity index (χ1v) is 15.8. The van der Waals surface area contributed by atoms with Crippen LogP contribution >= 0.6 is 23.2 Å². The van der Waals surface area contributed by atoms with Gasteiger partial charge in [0, 0.05) is 48.6 Å². The van der Waals surface area contributed by atoms with Crippen molar-refractivity contribution < 1.29 is 22.7 Å². The number of hydrogen-bond acceptors (Lipinski definition) is 5. The molecular weight excluding hydrogens is 585 g/mol. The van der Waals surface area contributed by atoms with Crippen LogP contribution in [0.2, 0.25) is 10.0 Å². The second kappa shape index (κ2) is 15.1. The number of nitrogens with zero attached hydrogens (tertiary/aromatic N) is 2. The van der Waals surface area contributed by atoms with Crippen LogP contribution < -0.4 is 14.4 Å². The smallest absolute Gasteiger partial charge is 0.242 e. The largest absolute Gasteiger partial charge is 0.494 e. The number of benzene rings is 3. The Hall–Kier alpha value is -3.27. The monoisotopic (exact) mass is 619 g/mol. The third-order valence-electron chi connectivity index (χ3n) is 6.50. The predicted octanol–water partition coefficient (Wildman–Crippen LogP) is 5.32. The highest BCUT2D eigenvalue weighted by atomic mass is 35.5. The van der Waals surface area contributed by atoms with Crippen molar-refractivity contribution >= 4 is 50.7 Å². The van der Waals surface area contributed by atoms with Crippen molar-refractivity contribution in [1.82, 2.24) is 10.2 Å². The molecule has 3 aromatic rings. The molecule has 3 aromatic carbocycles. The van der Waals surface area contributed by atoms with Crippen LogP contribution in [0.5, 0.6) is 5.75 Å². The molecule has 1 atom stereocenters. The van der Waals surface area contributed by atoms with Crippen molar-refractivity contribution in [3.8, 4) is 5.75 Å². The van der Waals surface area contributed by atoms with Crippen LogP contribution in [-0.4, -0.2) is 57.6 Å². The molecule has 0 bridgehead atoms. The van der Waals surface area contributed by atoms with Crippen LogP contribution in [0.15, 0.2) is 72.8 Å². The van der Waals surface area contributed by atoms with Gasteiger partial charge in [0.1, 0.15) is 11.8 Å². The minimum atomic E-state index is -3.63. The molecule has 0 heterocycles. The number of carbonyl (C=O) groups is 2. The fourth-order valence-corrected chi connectivity index (χ4v) is 5.94. The second-order valence-corrected chi connectivity index (χ2v) is 12.1. The van der Waals surface area contributed by atoms with Gasteiger partial charge in [-0.25, -0.2) is 8.42 Å². The molecule has 0 fully saturated rings. The van der Waals surface area contributed by atoms with Crippen LogP contribution in [0.25, 0.3) is 0 Å². The molecule has 0 spiro atoms. The van der Waals surface area contributed by atoms with E-state index in [4.69, 9.17) is 27.9 Å². The minimum absolute atomic E-state index is 0.00654. The molecule has 0 radical (unpaired) electrons. The molecule has 2 amide bonds. The van der Waals surface area contributed by atoms with Crippen molar-refractivity contribution in [1.29, 1.82) is 0 Å². The van der Waals surface area contributed by atoms with Gasteiger partial charge in [-0.3, -0.25) is 13.9 Å². The van der Waals surface area contributed by atoms with E-state index in [9.17, 15) is 18.0 Å². The molecule has 0 aliphatic rings. The predicted molar refractivity (Wildman–Crippen MR) is 164 cm³/mol. The van der Waals surface area contributed by atoms with Gasteiger partial charge in [0.05, 0.1) is 18.6 Å². The second-order valence-electron chi connectivity index (χ2n) is 9.41. The Morgan fingerprint density at radius 3 is 2.15 bits per heavy atom. The Morgan fingerprint density at radius 2 is 1.59 bits per heavy atom. The third kappa shape index (κ3) is 9.11. The molecule has 0 saturated heterocycles. The lowest BCUT2D eigenvalue weighted by Gasteiger charge is -2.32. The van der Waals surface area contributed by atoms with Crippen LogP contribution in [0, 0.1) is 0 Å². The van der Waals surface area contributed by atoms with E-state index in [1.165, 1.54) is 16.3 Å². The Kier molecular flexibility index (Phi) is 11.9. The lowest BCUT2D eigenvalue weighted by atomic mass is 10.0. The number of sulfonamides is 1.